The normalized spacial score (nSPS) is 13.5. The monoisotopic (exact) mass is 291 g/mol. The molecule has 0 saturated carbocycles. The quantitative estimate of drug-likeness (QED) is 0.892. The topological polar surface area (TPSA) is 92.2 Å². The van der Waals surface area contributed by atoms with Gasteiger partial charge < -0.3 is 10.4 Å². The molecule has 0 aliphatic carbocycles. The van der Waals surface area contributed by atoms with Crippen molar-refractivity contribution in [2.45, 2.75) is 19.4 Å². The molecule has 1 aromatic heterocycles. The third-order valence-electron chi connectivity index (χ3n) is 3.00. The van der Waals surface area contributed by atoms with Crippen molar-refractivity contribution in [3.63, 3.8) is 0 Å². The summed E-state index contributed by atoms with van der Waals surface area (Å²) in [6.07, 6.45) is 0. The van der Waals surface area contributed by atoms with E-state index in [9.17, 15) is 14.7 Å². The summed E-state index contributed by atoms with van der Waals surface area (Å²) in [5.41, 5.74) is -0.529. The SMILES string of the molecule is Cc1nnsc1C(=O)NC(C)(C(=O)O)c1ccccc1. The van der Waals surface area contributed by atoms with E-state index in [1.165, 1.54) is 6.92 Å². The van der Waals surface area contributed by atoms with Gasteiger partial charge in [0.15, 0.2) is 5.54 Å². The maximum Gasteiger partial charge on any atom is 0.333 e. The molecule has 104 valence electrons. The number of carbonyl (C=O) groups is 2. The lowest BCUT2D eigenvalue weighted by molar-refractivity contribution is -0.144. The van der Waals surface area contributed by atoms with E-state index >= 15 is 0 Å². The molecule has 6 nitrogen and oxygen atoms in total. The van der Waals surface area contributed by atoms with Crippen LogP contribution in [0.2, 0.25) is 0 Å². The molecule has 0 radical (unpaired) electrons. The third kappa shape index (κ3) is 2.53. The van der Waals surface area contributed by atoms with Crippen molar-refractivity contribution in [2.24, 2.45) is 0 Å². The van der Waals surface area contributed by atoms with Crippen LogP contribution in [0.15, 0.2) is 30.3 Å². The van der Waals surface area contributed by atoms with Gasteiger partial charge in [-0.3, -0.25) is 4.79 Å². The zero-order valence-corrected chi connectivity index (χ0v) is 11.8. The number of aliphatic carboxylic acids is 1. The van der Waals surface area contributed by atoms with Crippen LogP contribution in [0.25, 0.3) is 0 Å². The molecule has 1 amide bonds. The second-order valence-corrected chi connectivity index (χ2v) is 5.19. The predicted molar refractivity (Wildman–Crippen MR) is 73.5 cm³/mol. The molecule has 2 N–H and O–H groups in total. The third-order valence-corrected chi connectivity index (χ3v) is 3.83. The summed E-state index contributed by atoms with van der Waals surface area (Å²) in [4.78, 5) is 24.1. The number of carboxylic acids is 1. The van der Waals surface area contributed by atoms with E-state index in [0.29, 0.717) is 16.1 Å². The minimum Gasteiger partial charge on any atom is -0.479 e. The smallest absolute Gasteiger partial charge is 0.333 e. The summed E-state index contributed by atoms with van der Waals surface area (Å²) in [6, 6.07) is 8.55. The number of rotatable bonds is 4. The average molecular weight is 291 g/mol. The molecule has 7 heteroatoms. The number of carbonyl (C=O) groups excluding carboxylic acids is 1. The van der Waals surface area contributed by atoms with Gasteiger partial charge in [-0.1, -0.05) is 34.8 Å². The zero-order valence-electron chi connectivity index (χ0n) is 11.0. The Bertz CT molecular complexity index is 641. The van der Waals surface area contributed by atoms with Crippen LogP contribution in [0.3, 0.4) is 0 Å². The molecule has 2 aromatic rings. The summed E-state index contributed by atoms with van der Waals surface area (Å²) in [6.45, 7) is 3.10. The first kappa shape index (κ1) is 14.1. The van der Waals surface area contributed by atoms with Crippen LogP contribution >= 0.6 is 11.5 Å². The van der Waals surface area contributed by atoms with Crippen LogP contribution in [0, 0.1) is 6.92 Å². The van der Waals surface area contributed by atoms with Crippen LogP contribution in [-0.4, -0.2) is 26.6 Å². The van der Waals surface area contributed by atoms with Crippen molar-refractivity contribution in [2.75, 3.05) is 0 Å². The van der Waals surface area contributed by atoms with E-state index in [0.717, 1.165) is 11.5 Å². The van der Waals surface area contributed by atoms with Gasteiger partial charge in [0.1, 0.15) is 4.88 Å². The van der Waals surface area contributed by atoms with Crippen molar-refractivity contribution in [1.29, 1.82) is 0 Å². The first-order valence-corrected chi connectivity index (χ1v) is 6.63. The van der Waals surface area contributed by atoms with Crippen LogP contribution in [-0.2, 0) is 10.3 Å². The summed E-state index contributed by atoms with van der Waals surface area (Å²) in [5.74, 6) is -1.63. The predicted octanol–water partition coefficient (Wildman–Crippen LogP) is 1.58. The largest absolute Gasteiger partial charge is 0.479 e. The number of nitrogens with zero attached hydrogens (tertiary/aromatic N) is 2. The molecule has 0 aliphatic heterocycles. The van der Waals surface area contributed by atoms with E-state index in [1.54, 1.807) is 37.3 Å². The summed E-state index contributed by atoms with van der Waals surface area (Å²) in [7, 11) is 0. The Hall–Kier alpha value is -2.28. The number of hydrogen-bond acceptors (Lipinski definition) is 5. The molecule has 1 atom stereocenters. The first-order valence-electron chi connectivity index (χ1n) is 5.85. The lowest BCUT2D eigenvalue weighted by Gasteiger charge is -2.26. The fourth-order valence-corrected chi connectivity index (χ4v) is 2.30. The molecule has 20 heavy (non-hydrogen) atoms. The first-order chi connectivity index (χ1) is 9.45. The van der Waals surface area contributed by atoms with Crippen molar-refractivity contribution < 1.29 is 14.7 Å². The molecular weight excluding hydrogens is 278 g/mol. The van der Waals surface area contributed by atoms with Crippen molar-refractivity contribution in [1.82, 2.24) is 14.9 Å². The number of carboxylic acid groups (broad SMARTS) is 1. The Morgan fingerprint density at radius 3 is 2.45 bits per heavy atom. The maximum atomic E-state index is 12.2. The van der Waals surface area contributed by atoms with Gasteiger partial charge in [-0.15, -0.1) is 5.10 Å². The number of amides is 1. The van der Waals surface area contributed by atoms with Crippen LogP contribution in [0.4, 0.5) is 0 Å². The number of aromatic nitrogens is 2. The molecular formula is C13H13N3O3S. The zero-order chi connectivity index (χ0) is 14.8. The maximum absolute atomic E-state index is 12.2. The Kier molecular flexibility index (Phi) is 3.80. The van der Waals surface area contributed by atoms with Gasteiger partial charge in [-0.2, -0.15) is 0 Å². The van der Waals surface area contributed by atoms with Gasteiger partial charge in [-0.05, 0) is 30.9 Å². The lowest BCUT2D eigenvalue weighted by atomic mass is 9.92. The fourth-order valence-electron chi connectivity index (χ4n) is 1.74. The molecule has 0 fully saturated rings. The highest BCUT2D eigenvalue weighted by molar-refractivity contribution is 7.08. The Balaban J connectivity index is 2.34. The minimum atomic E-state index is -1.51. The van der Waals surface area contributed by atoms with Crippen molar-refractivity contribution in [3.8, 4) is 0 Å². The Morgan fingerprint density at radius 1 is 1.30 bits per heavy atom. The average Bonchev–Trinajstić information content (AvgIpc) is 2.85. The van der Waals surface area contributed by atoms with Crippen molar-refractivity contribution in [3.05, 3.63) is 46.5 Å². The van der Waals surface area contributed by atoms with Gasteiger partial charge in [0.25, 0.3) is 5.91 Å². The van der Waals surface area contributed by atoms with Gasteiger partial charge >= 0.3 is 5.97 Å². The highest BCUT2D eigenvalue weighted by atomic mass is 32.1. The van der Waals surface area contributed by atoms with Gasteiger partial charge in [0, 0.05) is 0 Å². The second kappa shape index (κ2) is 5.38. The van der Waals surface area contributed by atoms with Crippen LogP contribution in [0.1, 0.15) is 27.9 Å². The molecule has 2 rings (SSSR count). The summed E-state index contributed by atoms with van der Waals surface area (Å²) < 4.78 is 3.67. The highest BCUT2D eigenvalue weighted by Crippen LogP contribution is 2.22. The van der Waals surface area contributed by atoms with Gasteiger partial charge in [0.05, 0.1) is 5.69 Å². The molecule has 0 spiro atoms. The fraction of sp³-hybridized carbons (Fsp3) is 0.231. The summed E-state index contributed by atoms with van der Waals surface area (Å²) in [5, 5.41) is 15.7. The van der Waals surface area contributed by atoms with E-state index < -0.39 is 17.4 Å². The van der Waals surface area contributed by atoms with E-state index in [2.05, 4.69) is 14.9 Å². The van der Waals surface area contributed by atoms with Gasteiger partial charge in [-0.25, -0.2) is 4.79 Å². The standard InChI is InChI=1S/C13H13N3O3S/c1-8-10(20-16-15-8)11(17)14-13(2,12(18)19)9-6-4-3-5-7-9/h3-7H,1-2H3,(H,14,17)(H,18,19). The number of aryl methyl sites for hydroxylation is 1. The van der Waals surface area contributed by atoms with Crippen molar-refractivity contribution >= 4 is 23.4 Å². The Morgan fingerprint density at radius 2 is 1.95 bits per heavy atom. The van der Waals surface area contributed by atoms with Crippen LogP contribution < -0.4 is 5.32 Å². The molecule has 1 aromatic carbocycles. The molecule has 0 saturated heterocycles. The number of benzene rings is 1. The Labute approximate surface area is 119 Å². The second-order valence-electron chi connectivity index (χ2n) is 4.44. The number of hydrogen-bond donors (Lipinski definition) is 2. The minimum absolute atomic E-state index is 0.313. The van der Waals surface area contributed by atoms with Crippen LogP contribution in [0.5, 0.6) is 0 Å². The van der Waals surface area contributed by atoms with E-state index in [4.69, 9.17) is 0 Å². The van der Waals surface area contributed by atoms with Gasteiger partial charge in [0.2, 0.25) is 0 Å². The van der Waals surface area contributed by atoms with E-state index in [-0.39, 0.29) is 0 Å². The molecule has 0 bridgehead atoms. The highest BCUT2D eigenvalue weighted by Gasteiger charge is 2.37. The van der Waals surface area contributed by atoms with E-state index in [1.807, 2.05) is 0 Å². The molecule has 1 unspecified atom stereocenters. The molecule has 1 heterocycles. The molecule has 0 aliphatic rings. The number of nitrogens with one attached hydrogen (secondary N) is 1. The lowest BCUT2D eigenvalue weighted by Crippen LogP contribution is -2.49. The summed E-state index contributed by atoms with van der Waals surface area (Å²) >= 11 is 0.939.